The molecule has 22 heavy (non-hydrogen) atoms. The molecule has 3 fully saturated rings. The van der Waals surface area contributed by atoms with Crippen molar-refractivity contribution in [3.8, 4) is 0 Å². The van der Waals surface area contributed by atoms with Crippen molar-refractivity contribution in [2.75, 3.05) is 39.3 Å². The highest BCUT2D eigenvalue weighted by atomic mass is 19.4. The number of piperidine rings is 2. The number of amides is 2. The van der Waals surface area contributed by atoms with E-state index in [0.717, 1.165) is 12.8 Å². The standard InChI is InChI=1S/C14H22F3N3O2/c15-14(16,17)13-6-12(13,7-18-9-13)8-19-11(22)20-3-1-10(5-21)2-4-20/h10,18,21H,1-9H2,(H,19,22)/t12-,13-/m1/s1. The van der Waals surface area contributed by atoms with Crippen molar-refractivity contribution in [1.82, 2.24) is 15.5 Å². The van der Waals surface area contributed by atoms with Crippen molar-refractivity contribution in [1.29, 1.82) is 0 Å². The zero-order valence-corrected chi connectivity index (χ0v) is 12.4. The van der Waals surface area contributed by atoms with E-state index < -0.39 is 17.0 Å². The number of carbonyl (C=O) groups is 1. The van der Waals surface area contributed by atoms with Gasteiger partial charge in [0.25, 0.3) is 0 Å². The Morgan fingerprint density at radius 2 is 2.00 bits per heavy atom. The van der Waals surface area contributed by atoms with E-state index in [4.69, 9.17) is 5.11 Å². The summed E-state index contributed by atoms with van der Waals surface area (Å²) in [5, 5.41) is 14.6. The summed E-state index contributed by atoms with van der Waals surface area (Å²) < 4.78 is 39.6. The fraction of sp³-hybridized carbons (Fsp3) is 0.929. The molecular weight excluding hydrogens is 299 g/mol. The minimum Gasteiger partial charge on any atom is -0.396 e. The third-order valence-corrected chi connectivity index (χ3v) is 5.70. The number of nitrogens with one attached hydrogen (secondary N) is 2. The maximum absolute atomic E-state index is 13.2. The van der Waals surface area contributed by atoms with Crippen molar-refractivity contribution in [3.63, 3.8) is 0 Å². The first kappa shape index (κ1) is 15.9. The lowest BCUT2D eigenvalue weighted by molar-refractivity contribution is -0.190. The third kappa shape index (κ3) is 2.36. The van der Waals surface area contributed by atoms with E-state index in [1.165, 1.54) is 0 Å². The van der Waals surface area contributed by atoms with Gasteiger partial charge in [-0.15, -0.1) is 0 Å². The maximum atomic E-state index is 13.2. The van der Waals surface area contributed by atoms with Crippen LogP contribution in [0.4, 0.5) is 18.0 Å². The lowest BCUT2D eigenvalue weighted by atomic mass is 9.95. The lowest BCUT2D eigenvalue weighted by Gasteiger charge is -2.31. The van der Waals surface area contributed by atoms with Crippen LogP contribution in [0.25, 0.3) is 0 Å². The molecule has 8 heteroatoms. The molecule has 3 aliphatic rings. The van der Waals surface area contributed by atoms with Gasteiger partial charge in [0.1, 0.15) is 0 Å². The SMILES string of the molecule is O=C(NC[C@@]12CNC[C@]1(C(F)(F)F)C2)N1CCC(CO)CC1. The van der Waals surface area contributed by atoms with Gasteiger partial charge in [0, 0.05) is 44.7 Å². The molecule has 2 atom stereocenters. The molecule has 2 amide bonds. The highest BCUT2D eigenvalue weighted by molar-refractivity contribution is 5.74. The second kappa shape index (κ2) is 5.26. The van der Waals surface area contributed by atoms with Gasteiger partial charge < -0.3 is 20.6 Å². The second-order valence-corrected chi connectivity index (χ2v) is 6.91. The maximum Gasteiger partial charge on any atom is 0.396 e. The summed E-state index contributed by atoms with van der Waals surface area (Å²) in [6.45, 7) is 1.55. The number of rotatable bonds is 3. The third-order valence-electron chi connectivity index (χ3n) is 5.70. The van der Waals surface area contributed by atoms with Gasteiger partial charge in [0.2, 0.25) is 0 Å². The monoisotopic (exact) mass is 321 g/mol. The Balaban J connectivity index is 1.52. The second-order valence-electron chi connectivity index (χ2n) is 6.91. The van der Waals surface area contributed by atoms with Crippen LogP contribution in [0.15, 0.2) is 0 Å². The first-order valence-corrected chi connectivity index (χ1v) is 7.75. The topological polar surface area (TPSA) is 64.6 Å². The Bertz CT molecular complexity index is 451. The number of hydrogen-bond donors (Lipinski definition) is 3. The number of nitrogens with zero attached hydrogens (tertiary/aromatic N) is 1. The summed E-state index contributed by atoms with van der Waals surface area (Å²) in [7, 11) is 0. The van der Waals surface area contributed by atoms with Crippen LogP contribution in [0.1, 0.15) is 19.3 Å². The molecule has 0 aromatic heterocycles. The average Bonchev–Trinajstić information content (AvgIpc) is 3.02. The summed E-state index contributed by atoms with van der Waals surface area (Å²) in [5.41, 5.74) is -2.53. The van der Waals surface area contributed by atoms with Gasteiger partial charge in [-0.3, -0.25) is 0 Å². The smallest absolute Gasteiger partial charge is 0.396 e. The number of urea groups is 1. The number of aliphatic hydroxyl groups excluding tert-OH is 1. The van der Waals surface area contributed by atoms with Crippen molar-refractivity contribution < 1.29 is 23.1 Å². The first-order valence-electron chi connectivity index (χ1n) is 7.75. The minimum atomic E-state index is -4.22. The molecule has 0 bridgehead atoms. The molecule has 2 saturated heterocycles. The molecule has 2 heterocycles. The predicted octanol–water partition coefficient (Wildman–Crippen LogP) is 0.942. The molecule has 0 spiro atoms. The van der Waals surface area contributed by atoms with Crippen LogP contribution in [0.3, 0.4) is 0 Å². The Morgan fingerprint density at radius 1 is 1.32 bits per heavy atom. The normalized spacial score (nSPS) is 35.4. The quantitative estimate of drug-likeness (QED) is 0.725. The highest BCUT2D eigenvalue weighted by Crippen LogP contribution is 2.72. The first-order chi connectivity index (χ1) is 10.3. The number of carbonyl (C=O) groups excluding carboxylic acids is 1. The fourth-order valence-electron chi connectivity index (χ4n) is 4.00. The van der Waals surface area contributed by atoms with Crippen molar-refractivity contribution >= 4 is 6.03 Å². The fourth-order valence-corrected chi connectivity index (χ4v) is 4.00. The number of aliphatic hydroxyl groups is 1. The number of likely N-dealkylation sites (tertiary alicyclic amines) is 1. The molecule has 126 valence electrons. The van der Waals surface area contributed by atoms with Gasteiger partial charge in [-0.2, -0.15) is 13.2 Å². The minimum absolute atomic E-state index is 0.0474. The zero-order valence-electron chi connectivity index (χ0n) is 12.4. The van der Waals surface area contributed by atoms with Gasteiger partial charge in [0.05, 0.1) is 5.41 Å². The number of fused-ring (bicyclic) bond motifs is 1. The molecule has 1 aliphatic carbocycles. The van der Waals surface area contributed by atoms with Crippen LogP contribution in [-0.2, 0) is 0 Å². The Morgan fingerprint density at radius 3 is 2.55 bits per heavy atom. The molecular formula is C14H22F3N3O2. The lowest BCUT2D eigenvalue weighted by Crippen LogP contribution is -2.47. The van der Waals surface area contributed by atoms with E-state index in [0.29, 0.717) is 19.6 Å². The van der Waals surface area contributed by atoms with Crippen LogP contribution in [0, 0.1) is 16.7 Å². The summed E-state index contributed by atoms with van der Waals surface area (Å²) >= 11 is 0. The molecule has 3 N–H and O–H groups in total. The van der Waals surface area contributed by atoms with Gasteiger partial charge in [-0.1, -0.05) is 0 Å². The van der Waals surface area contributed by atoms with E-state index in [9.17, 15) is 18.0 Å². The highest BCUT2D eigenvalue weighted by Gasteiger charge is 2.81. The van der Waals surface area contributed by atoms with E-state index in [-0.39, 0.29) is 38.1 Å². The molecule has 1 saturated carbocycles. The Kier molecular flexibility index (Phi) is 3.79. The van der Waals surface area contributed by atoms with Crippen molar-refractivity contribution in [2.24, 2.45) is 16.7 Å². The van der Waals surface area contributed by atoms with Gasteiger partial charge in [-0.25, -0.2) is 4.79 Å². The van der Waals surface area contributed by atoms with Crippen molar-refractivity contribution in [2.45, 2.75) is 25.4 Å². The number of halogens is 3. The average molecular weight is 321 g/mol. The van der Waals surface area contributed by atoms with E-state index in [1.54, 1.807) is 4.90 Å². The predicted molar refractivity (Wildman–Crippen MR) is 73.2 cm³/mol. The molecule has 0 aromatic rings. The summed E-state index contributed by atoms with van der Waals surface area (Å²) in [5.74, 6) is 0.225. The van der Waals surface area contributed by atoms with Gasteiger partial charge in [0.15, 0.2) is 0 Å². The molecule has 2 aliphatic heterocycles. The van der Waals surface area contributed by atoms with E-state index in [1.807, 2.05) is 0 Å². The Hall–Kier alpha value is -1.02. The molecule has 0 unspecified atom stereocenters. The number of alkyl halides is 3. The van der Waals surface area contributed by atoms with Crippen LogP contribution in [-0.4, -0.2) is 61.5 Å². The largest absolute Gasteiger partial charge is 0.396 e. The summed E-state index contributed by atoms with van der Waals surface area (Å²) in [6.07, 6.45) is -2.64. The Labute approximate surface area is 127 Å². The molecule has 3 rings (SSSR count). The van der Waals surface area contributed by atoms with E-state index in [2.05, 4.69) is 10.6 Å². The molecule has 0 aromatic carbocycles. The van der Waals surface area contributed by atoms with E-state index >= 15 is 0 Å². The number of hydrogen-bond acceptors (Lipinski definition) is 3. The van der Waals surface area contributed by atoms with Crippen LogP contribution in [0.2, 0.25) is 0 Å². The van der Waals surface area contributed by atoms with Gasteiger partial charge >= 0.3 is 12.2 Å². The zero-order chi connectivity index (χ0) is 16.0. The van der Waals surface area contributed by atoms with Crippen LogP contribution < -0.4 is 10.6 Å². The molecule has 5 nitrogen and oxygen atoms in total. The summed E-state index contributed by atoms with van der Waals surface area (Å²) in [6, 6.07) is -0.291. The van der Waals surface area contributed by atoms with Crippen LogP contribution in [0.5, 0.6) is 0 Å². The van der Waals surface area contributed by atoms with Gasteiger partial charge in [-0.05, 0) is 25.2 Å². The van der Waals surface area contributed by atoms with Crippen molar-refractivity contribution in [3.05, 3.63) is 0 Å². The molecule has 0 radical (unpaired) electrons. The summed E-state index contributed by atoms with van der Waals surface area (Å²) in [4.78, 5) is 13.7. The van der Waals surface area contributed by atoms with Crippen LogP contribution >= 0.6 is 0 Å².